The number of alkyl halides is 3. The van der Waals surface area contributed by atoms with Crippen LogP contribution in [0.5, 0.6) is 0 Å². The summed E-state index contributed by atoms with van der Waals surface area (Å²) in [6.07, 6.45) is -4.48. The summed E-state index contributed by atoms with van der Waals surface area (Å²) in [5, 5.41) is 14.7. The van der Waals surface area contributed by atoms with Crippen molar-refractivity contribution in [2.24, 2.45) is 0 Å². The second kappa shape index (κ2) is 7.58. The first-order valence-corrected chi connectivity index (χ1v) is 10.3. The van der Waals surface area contributed by atoms with Crippen LogP contribution in [0.25, 0.3) is 20.5 Å². The molecule has 0 aliphatic heterocycles. The van der Waals surface area contributed by atoms with Gasteiger partial charge in [-0.1, -0.05) is 30.3 Å². The molecule has 0 aliphatic rings. The monoisotopic (exact) mass is 447 g/mol. The average Bonchev–Trinajstić information content (AvgIpc) is 3.31. The van der Waals surface area contributed by atoms with Gasteiger partial charge in [0.2, 0.25) is 0 Å². The van der Waals surface area contributed by atoms with Crippen LogP contribution in [0.3, 0.4) is 0 Å². The standard InChI is InChI=1S/C21H12F3NO3S2/c22-21(23,24)13-7-5-11(6-8-13)18-17(20(27)28)14(10-29-18)25-19(26)16-9-12-3-1-2-4-15(12)30-16/h1-10H,(H,25,26)(H,27,28). The Morgan fingerprint density at radius 1 is 1.00 bits per heavy atom. The van der Waals surface area contributed by atoms with Crippen molar-refractivity contribution in [3.8, 4) is 10.4 Å². The molecule has 2 N–H and O–H groups in total. The lowest BCUT2D eigenvalue weighted by Gasteiger charge is -2.08. The molecule has 30 heavy (non-hydrogen) atoms. The zero-order chi connectivity index (χ0) is 21.5. The summed E-state index contributed by atoms with van der Waals surface area (Å²) in [5.41, 5.74) is -0.551. The molecular formula is C21H12F3NO3S2. The molecular weight excluding hydrogens is 435 g/mol. The molecule has 2 aromatic heterocycles. The first-order chi connectivity index (χ1) is 14.2. The number of anilines is 1. The number of halogens is 3. The summed E-state index contributed by atoms with van der Waals surface area (Å²) in [7, 11) is 0. The Kier molecular flexibility index (Phi) is 5.08. The predicted octanol–water partition coefficient (Wildman–Crippen LogP) is 6.60. The van der Waals surface area contributed by atoms with Gasteiger partial charge in [-0.25, -0.2) is 4.79 Å². The smallest absolute Gasteiger partial charge is 0.416 e. The van der Waals surface area contributed by atoms with Crippen LogP contribution in [-0.4, -0.2) is 17.0 Å². The molecule has 4 rings (SSSR count). The Morgan fingerprint density at radius 3 is 2.33 bits per heavy atom. The molecule has 2 aromatic carbocycles. The summed E-state index contributed by atoms with van der Waals surface area (Å²) in [6.45, 7) is 0. The Labute approximate surface area is 176 Å². The number of carbonyl (C=O) groups is 2. The van der Waals surface area contributed by atoms with E-state index in [9.17, 15) is 27.9 Å². The van der Waals surface area contributed by atoms with E-state index in [1.807, 2.05) is 24.3 Å². The van der Waals surface area contributed by atoms with Crippen LogP contribution in [-0.2, 0) is 6.18 Å². The van der Waals surface area contributed by atoms with Gasteiger partial charge >= 0.3 is 12.1 Å². The van der Waals surface area contributed by atoms with Crippen molar-refractivity contribution in [1.82, 2.24) is 0 Å². The van der Waals surface area contributed by atoms with Crippen LogP contribution in [0.4, 0.5) is 18.9 Å². The van der Waals surface area contributed by atoms with Crippen LogP contribution >= 0.6 is 22.7 Å². The van der Waals surface area contributed by atoms with Crippen molar-refractivity contribution in [1.29, 1.82) is 0 Å². The third kappa shape index (κ3) is 3.81. The largest absolute Gasteiger partial charge is 0.478 e. The summed E-state index contributed by atoms with van der Waals surface area (Å²) >= 11 is 2.32. The van der Waals surface area contributed by atoms with Gasteiger partial charge < -0.3 is 10.4 Å². The molecule has 0 fully saturated rings. The van der Waals surface area contributed by atoms with Gasteiger partial charge in [-0.05, 0) is 35.2 Å². The topological polar surface area (TPSA) is 66.4 Å². The molecule has 0 saturated carbocycles. The van der Waals surface area contributed by atoms with Crippen molar-refractivity contribution < 1.29 is 27.9 Å². The number of hydrogen-bond donors (Lipinski definition) is 2. The van der Waals surface area contributed by atoms with E-state index in [0.717, 1.165) is 33.6 Å². The van der Waals surface area contributed by atoms with Crippen molar-refractivity contribution in [3.63, 3.8) is 0 Å². The molecule has 0 bridgehead atoms. The zero-order valence-corrected chi connectivity index (χ0v) is 16.6. The molecule has 1 amide bonds. The van der Waals surface area contributed by atoms with E-state index < -0.39 is 23.6 Å². The van der Waals surface area contributed by atoms with Crippen LogP contribution < -0.4 is 5.32 Å². The van der Waals surface area contributed by atoms with Gasteiger partial charge in [0.25, 0.3) is 5.91 Å². The lowest BCUT2D eigenvalue weighted by Crippen LogP contribution is -2.12. The quantitative estimate of drug-likeness (QED) is 0.370. The van der Waals surface area contributed by atoms with Crippen LogP contribution in [0, 0.1) is 0 Å². The SMILES string of the molecule is O=C(Nc1csc(-c2ccc(C(F)(F)F)cc2)c1C(=O)O)c1cc2ccccc2s1. The highest BCUT2D eigenvalue weighted by Crippen LogP contribution is 2.38. The maximum absolute atomic E-state index is 12.8. The van der Waals surface area contributed by atoms with Gasteiger partial charge in [0, 0.05) is 10.1 Å². The average molecular weight is 447 g/mol. The number of carbonyl (C=O) groups excluding carboxylic acids is 1. The van der Waals surface area contributed by atoms with Crippen molar-refractivity contribution >= 4 is 50.3 Å². The highest BCUT2D eigenvalue weighted by atomic mass is 32.1. The van der Waals surface area contributed by atoms with Crippen molar-refractivity contribution in [2.45, 2.75) is 6.18 Å². The first kappa shape index (κ1) is 20.1. The van der Waals surface area contributed by atoms with E-state index in [1.54, 1.807) is 6.07 Å². The molecule has 4 nitrogen and oxygen atoms in total. The highest BCUT2D eigenvalue weighted by molar-refractivity contribution is 7.21. The lowest BCUT2D eigenvalue weighted by molar-refractivity contribution is -0.137. The number of carboxylic acid groups (broad SMARTS) is 1. The van der Waals surface area contributed by atoms with Crippen molar-refractivity contribution in [2.75, 3.05) is 5.32 Å². The molecule has 0 spiro atoms. The Balaban J connectivity index is 1.65. The third-order valence-corrected chi connectivity index (χ3v) is 6.52. The lowest BCUT2D eigenvalue weighted by atomic mass is 10.1. The maximum atomic E-state index is 12.8. The second-order valence-corrected chi connectivity index (χ2v) is 8.30. The molecule has 0 aliphatic carbocycles. The van der Waals surface area contributed by atoms with Crippen LogP contribution in [0.15, 0.2) is 60.0 Å². The summed E-state index contributed by atoms with van der Waals surface area (Å²) in [5.74, 6) is -1.73. The fraction of sp³-hybridized carbons (Fsp3) is 0.0476. The zero-order valence-electron chi connectivity index (χ0n) is 15.0. The van der Waals surface area contributed by atoms with E-state index in [1.165, 1.54) is 28.8 Å². The van der Waals surface area contributed by atoms with E-state index in [-0.39, 0.29) is 16.1 Å². The molecule has 4 aromatic rings. The molecule has 0 saturated heterocycles. The number of hydrogen-bond acceptors (Lipinski definition) is 4. The van der Waals surface area contributed by atoms with Gasteiger partial charge in [-0.15, -0.1) is 22.7 Å². The number of benzene rings is 2. The number of amides is 1. The Morgan fingerprint density at radius 2 is 1.70 bits per heavy atom. The van der Waals surface area contributed by atoms with Gasteiger partial charge in [0.1, 0.15) is 5.56 Å². The van der Waals surface area contributed by atoms with Gasteiger partial charge in [0.05, 0.1) is 21.0 Å². The Hall–Kier alpha value is -3.17. The normalized spacial score (nSPS) is 11.6. The van der Waals surface area contributed by atoms with E-state index in [4.69, 9.17) is 0 Å². The summed E-state index contributed by atoms with van der Waals surface area (Å²) in [4.78, 5) is 25.2. The molecule has 0 radical (unpaired) electrons. The fourth-order valence-electron chi connectivity index (χ4n) is 2.96. The van der Waals surface area contributed by atoms with Crippen LogP contribution in [0.1, 0.15) is 25.6 Å². The van der Waals surface area contributed by atoms with E-state index >= 15 is 0 Å². The minimum Gasteiger partial charge on any atom is -0.478 e. The predicted molar refractivity (Wildman–Crippen MR) is 111 cm³/mol. The summed E-state index contributed by atoms with van der Waals surface area (Å²) < 4.78 is 39.3. The Bertz CT molecular complexity index is 1220. The maximum Gasteiger partial charge on any atom is 0.416 e. The number of thiophene rings is 2. The van der Waals surface area contributed by atoms with Gasteiger partial charge in [-0.3, -0.25) is 4.79 Å². The van der Waals surface area contributed by atoms with Gasteiger partial charge in [0.15, 0.2) is 0 Å². The third-order valence-electron chi connectivity index (χ3n) is 4.38. The number of carboxylic acids is 1. The minimum atomic E-state index is -4.48. The second-order valence-electron chi connectivity index (χ2n) is 6.34. The van der Waals surface area contributed by atoms with Crippen LogP contribution in [0.2, 0.25) is 0 Å². The molecule has 2 heterocycles. The minimum absolute atomic E-state index is 0.102. The number of nitrogens with one attached hydrogen (secondary N) is 1. The number of fused-ring (bicyclic) bond motifs is 1. The molecule has 152 valence electrons. The fourth-order valence-corrected chi connectivity index (χ4v) is 4.92. The first-order valence-electron chi connectivity index (χ1n) is 8.56. The van der Waals surface area contributed by atoms with E-state index in [2.05, 4.69) is 5.32 Å². The number of rotatable bonds is 4. The number of aromatic carboxylic acids is 1. The highest BCUT2D eigenvalue weighted by Gasteiger charge is 2.30. The molecule has 9 heteroatoms. The molecule has 0 unspecified atom stereocenters. The van der Waals surface area contributed by atoms with Crippen molar-refractivity contribution in [3.05, 3.63) is 76.0 Å². The summed E-state index contributed by atoms with van der Waals surface area (Å²) in [6, 6.07) is 13.4. The van der Waals surface area contributed by atoms with Gasteiger partial charge in [-0.2, -0.15) is 13.2 Å². The van der Waals surface area contributed by atoms with E-state index in [0.29, 0.717) is 10.4 Å². The molecule has 0 atom stereocenters.